The summed E-state index contributed by atoms with van der Waals surface area (Å²) in [4.78, 5) is 0. The lowest BCUT2D eigenvalue weighted by Gasteiger charge is -2.32. The molecule has 1 aliphatic rings. The van der Waals surface area contributed by atoms with E-state index in [9.17, 15) is 0 Å². The molecule has 0 spiro atoms. The highest BCUT2D eigenvalue weighted by Gasteiger charge is 2.23. The van der Waals surface area contributed by atoms with Crippen LogP contribution in [0.3, 0.4) is 0 Å². The molecule has 1 aliphatic carbocycles. The predicted octanol–water partition coefficient (Wildman–Crippen LogP) is 1.78. The van der Waals surface area contributed by atoms with Crippen molar-refractivity contribution >= 4 is 0 Å². The zero-order chi connectivity index (χ0) is 9.84. The van der Waals surface area contributed by atoms with Crippen LogP contribution >= 0.6 is 0 Å². The molecule has 0 heterocycles. The van der Waals surface area contributed by atoms with Gasteiger partial charge in [-0.25, -0.2) is 0 Å². The Balaban J connectivity index is 2.21. The second kappa shape index (κ2) is 4.97. The number of hydrogen-bond acceptors (Lipinski definition) is 2. The van der Waals surface area contributed by atoms with E-state index in [1.54, 1.807) is 0 Å². The molecule has 1 rings (SSSR count). The van der Waals surface area contributed by atoms with Gasteiger partial charge >= 0.3 is 0 Å². The molecule has 0 aromatic heterocycles. The van der Waals surface area contributed by atoms with Crippen LogP contribution in [0.4, 0.5) is 0 Å². The van der Waals surface area contributed by atoms with Crippen LogP contribution in [0.15, 0.2) is 0 Å². The number of aliphatic hydroxyl groups excluding tert-OH is 1. The van der Waals surface area contributed by atoms with E-state index in [2.05, 4.69) is 19.2 Å². The molecule has 0 aromatic carbocycles. The van der Waals surface area contributed by atoms with Crippen LogP contribution in [0.25, 0.3) is 0 Å². The van der Waals surface area contributed by atoms with Gasteiger partial charge < -0.3 is 10.4 Å². The smallest absolute Gasteiger partial charge is 0.0636 e. The van der Waals surface area contributed by atoms with E-state index in [4.69, 9.17) is 5.11 Å². The van der Waals surface area contributed by atoms with E-state index in [-0.39, 0.29) is 6.10 Å². The van der Waals surface area contributed by atoms with Crippen LogP contribution in [-0.2, 0) is 0 Å². The van der Waals surface area contributed by atoms with E-state index in [0.29, 0.717) is 6.04 Å². The standard InChI is InChI=1S/C11H23NO/c1-8-4-5-11(6-9(8)2)12-7-10(3)13/h8-13H,4-7H2,1-3H3/t8-,9-,10-,11+/m0/s1. The Hall–Kier alpha value is -0.0800. The van der Waals surface area contributed by atoms with E-state index in [1.165, 1.54) is 19.3 Å². The second-order valence-corrected chi connectivity index (χ2v) is 4.72. The molecule has 78 valence electrons. The van der Waals surface area contributed by atoms with Gasteiger partial charge in [0.2, 0.25) is 0 Å². The van der Waals surface area contributed by atoms with E-state index in [1.807, 2.05) is 6.92 Å². The van der Waals surface area contributed by atoms with Gasteiger partial charge in [-0.3, -0.25) is 0 Å². The average molecular weight is 185 g/mol. The predicted molar refractivity (Wildman–Crippen MR) is 55.7 cm³/mol. The molecule has 0 amide bonds. The summed E-state index contributed by atoms with van der Waals surface area (Å²) in [5.41, 5.74) is 0. The zero-order valence-electron chi connectivity index (χ0n) is 9.09. The molecule has 4 atom stereocenters. The highest BCUT2D eigenvalue weighted by molar-refractivity contribution is 4.79. The molecule has 13 heavy (non-hydrogen) atoms. The first-order valence-corrected chi connectivity index (χ1v) is 5.51. The monoisotopic (exact) mass is 185 g/mol. The largest absolute Gasteiger partial charge is 0.392 e. The van der Waals surface area contributed by atoms with Gasteiger partial charge in [0.05, 0.1) is 6.10 Å². The van der Waals surface area contributed by atoms with Gasteiger partial charge in [0, 0.05) is 12.6 Å². The van der Waals surface area contributed by atoms with Crippen molar-refractivity contribution in [2.75, 3.05) is 6.54 Å². The highest BCUT2D eigenvalue weighted by atomic mass is 16.3. The molecule has 0 radical (unpaired) electrons. The maximum atomic E-state index is 9.14. The Labute approximate surface area is 81.7 Å². The van der Waals surface area contributed by atoms with Crippen LogP contribution in [-0.4, -0.2) is 23.8 Å². The van der Waals surface area contributed by atoms with Gasteiger partial charge in [0.1, 0.15) is 0 Å². The molecular weight excluding hydrogens is 162 g/mol. The maximum absolute atomic E-state index is 9.14. The Kier molecular flexibility index (Phi) is 4.20. The van der Waals surface area contributed by atoms with Crippen molar-refractivity contribution in [2.24, 2.45) is 11.8 Å². The third kappa shape index (κ3) is 3.65. The lowest BCUT2D eigenvalue weighted by molar-refractivity contribution is 0.167. The molecule has 0 saturated heterocycles. The summed E-state index contributed by atoms with van der Waals surface area (Å²) in [6.45, 7) is 7.25. The molecule has 2 nitrogen and oxygen atoms in total. The Morgan fingerprint density at radius 1 is 1.31 bits per heavy atom. The van der Waals surface area contributed by atoms with Crippen molar-refractivity contribution < 1.29 is 5.11 Å². The fraction of sp³-hybridized carbons (Fsp3) is 1.00. The Morgan fingerprint density at radius 3 is 2.54 bits per heavy atom. The topological polar surface area (TPSA) is 32.3 Å². The molecule has 0 aliphatic heterocycles. The first kappa shape index (κ1) is 11.0. The van der Waals surface area contributed by atoms with E-state index in [0.717, 1.165) is 18.4 Å². The molecule has 2 N–H and O–H groups in total. The lowest BCUT2D eigenvalue weighted by atomic mass is 9.79. The summed E-state index contributed by atoms with van der Waals surface area (Å²) in [6.07, 6.45) is 3.67. The SMILES string of the molecule is C[C@H](O)CN[C@@H]1CC[C@H](C)[C@@H](C)C1. The summed E-state index contributed by atoms with van der Waals surface area (Å²) in [5.74, 6) is 1.71. The van der Waals surface area contributed by atoms with Gasteiger partial charge in [-0.15, -0.1) is 0 Å². The van der Waals surface area contributed by atoms with Crippen LogP contribution in [0.2, 0.25) is 0 Å². The van der Waals surface area contributed by atoms with Gasteiger partial charge in [-0.1, -0.05) is 13.8 Å². The van der Waals surface area contributed by atoms with Gasteiger partial charge in [-0.05, 0) is 38.0 Å². The number of hydrogen-bond donors (Lipinski definition) is 2. The molecule has 0 bridgehead atoms. The van der Waals surface area contributed by atoms with Crippen LogP contribution in [0.5, 0.6) is 0 Å². The average Bonchev–Trinajstić information content (AvgIpc) is 2.07. The maximum Gasteiger partial charge on any atom is 0.0636 e. The molecule has 0 aromatic rings. The quantitative estimate of drug-likeness (QED) is 0.702. The molecular formula is C11H23NO. The Morgan fingerprint density at radius 2 is 2.00 bits per heavy atom. The minimum atomic E-state index is -0.213. The number of aliphatic hydroxyl groups is 1. The van der Waals surface area contributed by atoms with Crippen LogP contribution in [0.1, 0.15) is 40.0 Å². The van der Waals surface area contributed by atoms with Crippen molar-refractivity contribution in [3.8, 4) is 0 Å². The fourth-order valence-corrected chi connectivity index (χ4v) is 2.07. The molecule has 1 saturated carbocycles. The summed E-state index contributed by atoms with van der Waals surface area (Å²) >= 11 is 0. The van der Waals surface area contributed by atoms with Crippen LogP contribution in [0, 0.1) is 11.8 Å². The van der Waals surface area contributed by atoms with Gasteiger partial charge in [0.15, 0.2) is 0 Å². The van der Waals surface area contributed by atoms with Crippen molar-refractivity contribution in [2.45, 2.75) is 52.2 Å². The van der Waals surface area contributed by atoms with Gasteiger partial charge in [-0.2, -0.15) is 0 Å². The fourth-order valence-electron chi connectivity index (χ4n) is 2.07. The summed E-state index contributed by atoms with van der Waals surface area (Å²) in [6, 6.07) is 0.640. The van der Waals surface area contributed by atoms with Crippen molar-refractivity contribution in [3.05, 3.63) is 0 Å². The normalized spacial score (nSPS) is 37.4. The number of nitrogens with one attached hydrogen (secondary N) is 1. The zero-order valence-corrected chi connectivity index (χ0v) is 9.09. The van der Waals surface area contributed by atoms with Crippen LogP contribution < -0.4 is 5.32 Å². The second-order valence-electron chi connectivity index (χ2n) is 4.72. The van der Waals surface area contributed by atoms with Crippen molar-refractivity contribution in [1.82, 2.24) is 5.32 Å². The first-order valence-electron chi connectivity index (χ1n) is 5.51. The number of rotatable bonds is 3. The molecule has 2 heteroatoms. The Bertz CT molecular complexity index is 147. The summed E-state index contributed by atoms with van der Waals surface area (Å²) in [7, 11) is 0. The third-order valence-corrected chi connectivity index (χ3v) is 3.30. The minimum Gasteiger partial charge on any atom is -0.392 e. The summed E-state index contributed by atoms with van der Waals surface area (Å²) < 4.78 is 0. The minimum absolute atomic E-state index is 0.213. The van der Waals surface area contributed by atoms with Crippen molar-refractivity contribution in [1.29, 1.82) is 0 Å². The molecule has 0 unspecified atom stereocenters. The molecule has 1 fully saturated rings. The first-order chi connectivity index (χ1) is 6.09. The summed E-state index contributed by atoms with van der Waals surface area (Å²) in [5, 5.41) is 12.6. The highest BCUT2D eigenvalue weighted by Crippen LogP contribution is 2.29. The van der Waals surface area contributed by atoms with Crippen molar-refractivity contribution in [3.63, 3.8) is 0 Å². The van der Waals surface area contributed by atoms with Gasteiger partial charge in [0.25, 0.3) is 0 Å². The van der Waals surface area contributed by atoms with E-state index < -0.39 is 0 Å². The third-order valence-electron chi connectivity index (χ3n) is 3.30. The lowest BCUT2D eigenvalue weighted by Crippen LogP contribution is -2.39. The van der Waals surface area contributed by atoms with E-state index >= 15 is 0 Å².